The van der Waals surface area contributed by atoms with Gasteiger partial charge >= 0.3 is 0 Å². The van der Waals surface area contributed by atoms with Crippen LogP contribution in [0.5, 0.6) is 0 Å². The van der Waals surface area contributed by atoms with E-state index in [1.54, 1.807) is 11.7 Å². The topological polar surface area (TPSA) is 78.4 Å². The maximum absolute atomic E-state index is 11.2. The van der Waals surface area contributed by atoms with Crippen molar-refractivity contribution >= 4 is 11.7 Å². The summed E-state index contributed by atoms with van der Waals surface area (Å²) in [6, 6.07) is 0.408. The summed E-state index contributed by atoms with van der Waals surface area (Å²) in [4.78, 5) is 21.6. The smallest absolute Gasteiger partial charge is 0.294 e. The SMILES string of the molecule is CC1CCCCN1c1cncc(C(=O)NO)n1. The third-order valence-electron chi connectivity index (χ3n) is 3.05. The number of amides is 1. The molecule has 2 N–H and O–H groups in total. The second kappa shape index (κ2) is 5.09. The summed E-state index contributed by atoms with van der Waals surface area (Å²) in [6.45, 7) is 3.07. The number of nitrogens with one attached hydrogen (secondary N) is 1. The number of hydrogen-bond acceptors (Lipinski definition) is 5. The second-order valence-electron chi connectivity index (χ2n) is 4.24. The molecule has 1 fully saturated rings. The molecular formula is C11H16N4O2. The van der Waals surface area contributed by atoms with E-state index in [9.17, 15) is 4.79 Å². The van der Waals surface area contributed by atoms with Crippen molar-refractivity contribution in [2.24, 2.45) is 0 Å². The molecule has 1 aliphatic heterocycles. The first-order valence-corrected chi connectivity index (χ1v) is 5.75. The van der Waals surface area contributed by atoms with E-state index in [2.05, 4.69) is 21.8 Å². The number of piperidine rings is 1. The number of nitrogens with zero attached hydrogens (tertiary/aromatic N) is 3. The van der Waals surface area contributed by atoms with Gasteiger partial charge in [-0.25, -0.2) is 10.5 Å². The van der Waals surface area contributed by atoms with Gasteiger partial charge in [0.05, 0.1) is 12.4 Å². The Bertz CT molecular complexity index is 410. The van der Waals surface area contributed by atoms with Crippen LogP contribution in [0.1, 0.15) is 36.7 Å². The molecule has 1 aromatic heterocycles. The van der Waals surface area contributed by atoms with Gasteiger partial charge in [-0.2, -0.15) is 0 Å². The third-order valence-corrected chi connectivity index (χ3v) is 3.05. The van der Waals surface area contributed by atoms with Gasteiger partial charge in [-0.05, 0) is 26.2 Å². The summed E-state index contributed by atoms with van der Waals surface area (Å²) < 4.78 is 0. The van der Waals surface area contributed by atoms with Crippen LogP contribution in [0.2, 0.25) is 0 Å². The minimum absolute atomic E-state index is 0.128. The molecule has 1 saturated heterocycles. The molecule has 2 heterocycles. The number of hydrogen-bond donors (Lipinski definition) is 2. The molecule has 92 valence electrons. The first kappa shape index (κ1) is 11.8. The molecule has 1 aliphatic rings. The van der Waals surface area contributed by atoms with Crippen molar-refractivity contribution in [1.29, 1.82) is 0 Å². The van der Waals surface area contributed by atoms with Gasteiger partial charge in [0, 0.05) is 12.6 Å². The molecule has 0 aromatic carbocycles. The predicted octanol–water partition coefficient (Wildman–Crippen LogP) is 0.974. The number of rotatable bonds is 2. The molecule has 1 amide bonds. The summed E-state index contributed by atoms with van der Waals surface area (Å²) in [5.41, 5.74) is 1.69. The largest absolute Gasteiger partial charge is 0.353 e. The normalized spacial score (nSPS) is 20.1. The van der Waals surface area contributed by atoms with Gasteiger partial charge < -0.3 is 4.90 Å². The van der Waals surface area contributed by atoms with Crippen molar-refractivity contribution in [1.82, 2.24) is 15.4 Å². The molecule has 1 aromatic rings. The highest BCUT2D eigenvalue weighted by Gasteiger charge is 2.20. The summed E-state index contributed by atoms with van der Waals surface area (Å²) in [6.07, 6.45) is 6.46. The summed E-state index contributed by atoms with van der Waals surface area (Å²) >= 11 is 0. The van der Waals surface area contributed by atoms with Crippen molar-refractivity contribution in [3.8, 4) is 0 Å². The zero-order valence-electron chi connectivity index (χ0n) is 9.76. The maximum atomic E-state index is 11.2. The van der Waals surface area contributed by atoms with Crippen molar-refractivity contribution in [3.63, 3.8) is 0 Å². The van der Waals surface area contributed by atoms with Gasteiger partial charge in [-0.1, -0.05) is 0 Å². The molecule has 6 heteroatoms. The number of hydroxylamine groups is 1. The highest BCUT2D eigenvalue weighted by molar-refractivity contribution is 5.91. The molecule has 1 unspecified atom stereocenters. The molecule has 0 saturated carbocycles. The van der Waals surface area contributed by atoms with Crippen LogP contribution in [0.25, 0.3) is 0 Å². The Balaban J connectivity index is 2.23. The van der Waals surface area contributed by atoms with Crippen molar-refractivity contribution in [2.75, 3.05) is 11.4 Å². The Kier molecular flexibility index (Phi) is 3.53. The van der Waals surface area contributed by atoms with Crippen LogP contribution >= 0.6 is 0 Å². The van der Waals surface area contributed by atoms with E-state index in [-0.39, 0.29) is 5.69 Å². The molecule has 1 atom stereocenters. The number of carbonyl (C=O) groups is 1. The minimum atomic E-state index is -0.635. The highest BCUT2D eigenvalue weighted by Crippen LogP contribution is 2.22. The van der Waals surface area contributed by atoms with E-state index >= 15 is 0 Å². The van der Waals surface area contributed by atoms with Crippen LogP contribution in [0.15, 0.2) is 12.4 Å². The first-order chi connectivity index (χ1) is 8.22. The molecule has 0 radical (unpaired) electrons. The molecular weight excluding hydrogens is 220 g/mol. The average molecular weight is 236 g/mol. The molecule has 2 rings (SSSR count). The Hall–Kier alpha value is -1.69. The van der Waals surface area contributed by atoms with E-state index < -0.39 is 5.91 Å². The summed E-state index contributed by atoms with van der Waals surface area (Å²) in [5.74, 6) is 0.0577. The number of aromatic nitrogens is 2. The fraction of sp³-hybridized carbons (Fsp3) is 0.545. The fourth-order valence-electron chi connectivity index (χ4n) is 2.10. The third kappa shape index (κ3) is 2.52. The lowest BCUT2D eigenvalue weighted by atomic mass is 10.0. The number of carbonyl (C=O) groups excluding carboxylic acids is 1. The van der Waals surface area contributed by atoms with E-state index in [4.69, 9.17) is 5.21 Å². The van der Waals surface area contributed by atoms with Gasteiger partial charge in [0.15, 0.2) is 5.69 Å². The Morgan fingerprint density at radius 3 is 3.06 bits per heavy atom. The summed E-state index contributed by atoms with van der Waals surface area (Å²) in [7, 11) is 0. The number of anilines is 1. The van der Waals surface area contributed by atoms with Crippen molar-refractivity contribution in [3.05, 3.63) is 18.1 Å². The standard InChI is InChI=1S/C11H16N4O2/c1-8-4-2-3-5-15(8)10-7-12-6-9(13-10)11(16)14-17/h6-8,17H,2-5H2,1H3,(H,14,16). The van der Waals surface area contributed by atoms with E-state index in [1.165, 1.54) is 12.6 Å². The van der Waals surface area contributed by atoms with Crippen molar-refractivity contribution < 1.29 is 10.0 Å². The molecule has 6 nitrogen and oxygen atoms in total. The van der Waals surface area contributed by atoms with Crippen molar-refractivity contribution in [2.45, 2.75) is 32.2 Å². The van der Waals surface area contributed by atoms with Crippen LogP contribution in [-0.4, -0.2) is 33.7 Å². The zero-order chi connectivity index (χ0) is 12.3. The van der Waals surface area contributed by atoms with Gasteiger partial charge in [-0.3, -0.25) is 15.0 Å². The Labute approximate surface area is 99.6 Å². The van der Waals surface area contributed by atoms with Gasteiger partial charge in [0.2, 0.25) is 0 Å². The van der Waals surface area contributed by atoms with Gasteiger partial charge in [0.25, 0.3) is 5.91 Å². The quantitative estimate of drug-likeness (QED) is 0.591. The van der Waals surface area contributed by atoms with E-state index in [0.717, 1.165) is 19.4 Å². The monoisotopic (exact) mass is 236 g/mol. The van der Waals surface area contributed by atoms with E-state index in [0.29, 0.717) is 11.9 Å². The average Bonchev–Trinajstić information content (AvgIpc) is 2.38. The molecule has 0 aliphatic carbocycles. The molecule has 17 heavy (non-hydrogen) atoms. The van der Waals surface area contributed by atoms with Crippen LogP contribution < -0.4 is 10.4 Å². The Morgan fingerprint density at radius 2 is 2.35 bits per heavy atom. The Morgan fingerprint density at radius 1 is 1.53 bits per heavy atom. The lowest BCUT2D eigenvalue weighted by Gasteiger charge is -2.34. The first-order valence-electron chi connectivity index (χ1n) is 5.75. The maximum Gasteiger partial charge on any atom is 0.294 e. The van der Waals surface area contributed by atoms with E-state index in [1.807, 2.05) is 0 Å². The lowest BCUT2D eigenvalue weighted by molar-refractivity contribution is 0.0700. The molecule has 0 spiro atoms. The molecule has 0 bridgehead atoms. The lowest BCUT2D eigenvalue weighted by Crippen LogP contribution is -2.38. The second-order valence-corrected chi connectivity index (χ2v) is 4.24. The van der Waals surface area contributed by atoms with Crippen LogP contribution in [0.4, 0.5) is 5.82 Å². The predicted molar refractivity (Wildman–Crippen MR) is 61.9 cm³/mol. The highest BCUT2D eigenvalue weighted by atomic mass is 16.5. The van der Waals surface area contributed by atoms with Crippen LogP contribution in [-0.2, 0) is 0 Å². The summed E-state index contributed by atoms with van der Waals surface area (Å²) in [5, 5.41) is 8.56. The fourth-order valence-corrected chi connectivity index (χ4v) is 2.10. The minimum Gasteiger partial charge on any atom is -0.353 e. The van der Waals surface area contributed by atoms with Crippen LogP contribution in [0.3, 0.4) is 0 Å². The van der Waals surface area contributed by atoms with Gasteiger partial charge in [0.1, 0.15) is 5.82 Å². The van der Waals surface area contributed by atoms with Gasteiger partial charge in [-0.15, -0.1) is 0 Å². The van der Waals surface area contributed by atoms with Crippen LogP contribution in [0, 0.1) is 0 Å². The zero-order valence-corrected chi connectivity index (χ0v) is 9.76.